The molecule has 4 rings (SSSR count). The number of piperidine rings is 1. The summed E-state index contributed by atoms with van der Waals surface area (Å²) in [6.07, 6.45) is 4.60. The molecule has 148 valence electrons. The molecule has 28 heavy (non-hydrogen) atoms. The van der Waals surface area contributed by atoms with Crippen LogP contribution in [0.4, 0.5) is 17.1 Å². The van der Waals surface area contributed by atoms with Crippen molar-refractivity contribution in [2.75, 3.05) is 48.4 Å². The molecular formula is C22H27N3O3. The van der Waals surface area contributed by atoms with Crippen LogP contribution in [0.2, 0.25) is 0 Å². The zero-order chi connectivity index (χ0) is 19.2. The van der Waals surface area contributed by atoms with Gasteiger partial charge in [-0.1, -0.05) is 12.1 Å². The molecule has 1 amide bonds. The predicted octanol–water partition coefficient (Wildman–Crippen LogP) is 3.89. The van der Waals surface area contributed by atoms with E-state index in [0.29, 0.717) is 24.7 Å². The highest BCUT2D eigenvalue weighted by atomic mass is 16.5. The van der Waals surface area contributed by atoms with E-state index < -0.39 is 0 Å². The Morgan fingerprint density at radius 1 is 0.929 bits per heavy atom. The van der Waals surface area contributed by atoms with Gasteiger partial charge in [-0.25, -0.2) is 0 Å². The Morgan fingerprint density at radius 3 is 2.57 bits per heavy atom. The van der Waals surface area contributed by atoms with Gasteiger partial charge in [0.2, 0.25) is 5.91 Å². The Kier molecular flexibility index (Phi) is 5.85. The topological polar surface area (TPSA) is 62.8 Å². The van der Waals surface area contributed by atoms with E-state index in [-0.39, 0.29) is 12.5 Å². The third kappa shape index (κ3) is 4.50. The van der Waals surface area contributed by atoms with Gasteiger partial charge >= 0.3 is 0 Å². The van der Waals surface area contributed by atoms with Gasteiger partial charge in [0, 0.05) is 31.3 Å². The molecule has 0 aliphatic carbocycles. The van der Waals surface area contributed by atoms with E-state index in [1.165, 1.54) is 24.9 Å². The summed E-state index contributed by atoms with van der Waals surface area (Å²) in [5.41, 5.74) is 2.88. The van der Waals surface area contributed by atoms with Crippen LogP contribution in [-0.2, 0) is 4.79 Å². The Labute approximate surface area is 165 Å². The SMILES string of the molecule is O=C(CNc1ccccc1N1CCCCC1)Nc1ccc2c(c1)OCCCO2. The van der Waals surface area contributed by atoms with Gasteiger partial charge in [0.25, 0.3) is 0 Å². The highest BCUT2D eigenvalue weighted by molar-refractivity contribution is 5.94. The van der Waals surface area contributed by atoms with E-state index in [2.05, 4.69) is 21.6 Å². The molecule has 0 bridgehead atoms. The number of nitrogens with zero attached hydrogens (tertiary/aromatic N) is 1. The van der Waals surface area contributed by atoms with Gasteiger partial charge in [-0.3, -0.25) is 4.79 Å². The monoisotopic (exact) mass is 381 g/mol. The number of anilines is 3. The quantitative estimate of drug-likeness (QED) is 0.823. The van der Waals surface area contributed by atoms with Crippen LogP contribution in [-0.4, -0.2) is 38.8 Å². The number of carbonyl (C=O) groups is 1. The average molecular weight is 381 g/mol. The molecule has 2 aromatic carbocycles. The number of fused-ring (bicyclic) bond motifs is 1. The lowest BCUT2D eigenvalue weighted by atomic mass is 10.1. The molecule has 6 nitrogen and oxygen atoms in total. The van der Waals surface area contributed by atoms with Crippen molar-refractivity contribution in [2.24, 2.45) is 0 Å². The first-order valence-electron chi connectivity index (χ1n) is 10.1. The Balaban J connectivity index is 1.37. The number of hydrogen-bond acceptors (Lipinski definition) is 5. The largest absolute Gasteiger partial charge is 0.490 e. The number of hydrogen-bond donors (Lipinski definition) is 2. The summed E-state index contributed by atoms with van der Waals surface area (Å²) < 4.78 is 11.3. The van der Waals surface area contributed by atoms with E-state index in [9.17, 15) is 4.79 Å². The van der Waals surface area contributed by atoms with Crippen LogP contribution in [0.3, 0.4) is 0 Å². The summed E-state index contributed by atoms with van der Waals surface area (Å²) in [4.78, 5) is 14.8. The Hall–Kier alpha value is -2.89. The van der Waals surface area contributed by atoms with Crippen molar-refractivity contribution in [1.29, 1.82) is 0 Å². The van der Waals surface area contributed by atoms with Crippen molar-refractivity contribution in [3.05, 3.63) is 42.5 Å². The molecule has 2 aliphatic rings. The van der Waals surface area contributed by atoms with Gasteiger partial charge in [0.1, 0.15) is 0 Å². The molecule has 2 heterocycles. The van der Waals surface area contributed by atoms with E-state index in [1.807, 2.05) is 36.4 Å². The van der Waals surface area contributed by atoms with Crippen molar-refractivity contribution in [3.63, 3.8) is 0 Å². The summed E-state index contributed by atoms with van der Waals surface area (Å²) in [7, 11) is 0. The van der Waals surface area contributed by atoms with Gasteiger partial charge in [-0.15, -0.1) is 0 Å². The molecule has 1 fully saturated rings. The van der Waals surface area contributed by atoms with Crippen LogP contribution in [0.15, 0.2) is 42.5 Å². The van der Waals surface area contributed by atoms with Crippen molar-refractivity contribution >= 4 is 23.0 Å². The van der Waals surface area contributed by atoms with Gasteiger partial charge in [0.05, 0.1) is 31.1 Å². The lowest BCUT2D eigenvalue weighted by Gasteiger charge is -2.30. The molecule has 2 aromatic rings. The molecule has 1 saturated heterocycles. The second kappa shape index (κ2) is 8.87. The van der Waals surface area contributed by atoms with E-state index >= 15 is 0 Å². The van der Waals surface area contributed by atoms with Gasteiger partial charge in [0.15, 0.2) is 11.5 Å². The molecule has 0 radical (unpaired) electrons. The number of para-hydroxylation sites is 2. The van der Waals surface area contributed by atoms with Crippen molar-refractivity contribution in [1.82, 2.24) is 0 Å². The number of ether oxygens (including phenoxy) is 2. The minimum absolute atomic E-state index is 0.0945. The minimum atomic E-state index is -0.0945. The van der Waals surface area contributed by atoms with Crippen LogP contribution in [0.5, 0.6) is 11.5 Å². The van der Waals surface area contributed by atoms with Crippen molar-refractivity contribution < 1.29 is 14.3 Å². The van der Waals surface area contributed by atoms with Crippen molar-refractivity contribution in [2.45, 2.75) is 25.7 Å². The maximum absolute atomic E-state index is 12.5. The second-order valence-electron chi connectivity index (χ2n) is 7.18. The van der Waals surface area contributed by atoms with E-state index in [0.717, 1.165) is 30.9 Å². The first-order valence-corrected chi connectivity index (χ1v) is 10.1. The smallest absolute Gasteiger partial charge is 0.243 e. The van der Waals surface area contributed by atoms with Crippen LogP contribution >= 0.6 is 0 Å². The first kappa shape index (κ1) is 18.5. The molecule has 0 atom stereocenters. The first-order chi connectivity index (χ1) is 13.8. The maximum atomic E-state index is 12.5. The van der Waals surface area contributed by atoms with Gasteiger partial charge in [-0.05, 0) is 43.5 Å². The summed E-state index contributed by atoms with van der Waals surface area (Å²) in [5, 5.41) is 6.22. The summed E-state index contributed by atoms with van der Waals surface area (Å²) in [6, 6.07) is 13.7. The molecule has 0 spiro atoms. The minimum Gasteiger partial charge on any atom is -0.490 e. The van der Waals surface area contributed by atoms with E-state index in [1.54, 1.807) is 0 Å². The Bertz CT molecular complexity index is 818. The fraction of sp³-hybridized carbons (Fsp3) is 0.409. The maximum Gasteiger partial charge on any atom is 0.243 e. The normalized spacial score (nSPS) is 16.2. The summed E-state index contributed by atoms with van der Waals surface area (Å²) in [5.74, 6) is 1.31. The summed E-state index contributed by atoms with van der Waals surface area (Å²) >= 11 is 0. The van der Waals surface area contributed by atoms with Crippen molar-refractivity contribution in [3.8, 4) is 11.5 Å². The number of nitrogens with one attached hydrogen (secondary N) is 2. The molecular weight excluding hydrogens is 354 g/mol. The van der Waals surface area contributed by atoms with Crippen LogP contribution in [0.1, 0.15) is 25.7 Å². The highest BCUT2D eigenvalue weighted by Gasteiger charge is 2.15. The fourth-order valence-electron chi connectivity index (χ4n) is 3.66. The number of benzene rings is 2. The van der Waals surface area contributed by atoms with Gasteiger partial charge < -0.3 is 25.0 Å². The molecule has 0 aromatic heterocycles. The lowest BCUT2D eigenvalue weighted by Crippen LogP contribution is -2.30. The molecule has 6 heteroatoms. The molecule has 2 aliphatic heterocycles. The molecule has 0 unspecified atom stereocenters. The fourth-order valence-corrected chi connectivity index (χ4v) is 3.66. The third-order valence-electron chi connectivity index (χ3n) is 5.07. The highest BCUT2D eigenvalue weighted by Crippen LogP contribution is 2.32. The number of carbonyl (C=O) groups excluding carboxylic acids is 1. The van der Waals surface area contributed by atoms with E-state index in [4.69, 9.17) is 9.47 Å². The second-order valence-corrected chi connectivity index (χ2v) is 7.18. The predicted molar refractivity (Wildman–Crippen MR) is 112 cm³/mol. The van der Waals surface area contributed by atoms with Crippen LogP contribution in [0, 0.1) is 0 Å². The third-order valence-corrected chi connectivity index (χ3v) is 5.07. The zero-order valence-corrected chi connectivity index (χ0v) is 16.1. The molecule has 2 N–H and O–H groups in total. The number of amides is 1. The van der Waals surface area contributed by atoms with Gasteiger partial charge in [-0.2, -0.15) is 0 Å². The van der Waals surface area contributed by atoms with Crippen LogP contribution in [0.25, 0.3) is 0 Å². The molecule has 0 saturated carbocycles. The van der Waals surface area contributed by atoms with Crippen LogP contribution < -0.4 is 25.0 Å². The standard InChI is InChI=1S/C22H27N3O3/c26-22(24-17-9-10-20-21(15-17)28-14-6-13-27-20)16-23-18-7-2-3-8-19(18)25-11-4-1-5-12-25/h2-3,7-10,15,23H,1,4-6,11-14,16H2,(H,24,26). The zero-order valence-electron chi connectivity index (χ0n) is 16.1. The number of rotatable bonds is 5. The average Bonchev–Trinajstić information content (AvgIpc) is 2.98. The lowest BCUT2D eigenvalue weighted by molar-refractivity contribution is -0.114. The summed E-state index contributed by atoms with van der Waals surface area (Å²) in [6.45, 7) is 3.63. The Morgan fingerprint density at radius 2 is 1.71 bits per heavy atom.